The van der Waals surface area contributed by atoms with Crippen molar-refractivity contribution in [2.24, 2.45) is 23.2 Å². The molecule has 5 nitrogen and oxygen atoms in total. The molecule has 182 valence electrons. The van der Waals surface area contributed by atoms with Crippen molar-refractivity contribution in [1.29, 1.82) is 0 Å². The van der Waals surface area contributed by atoms with Crippen LogP contribution in [0.2, 0.25) is 0 Å². The highest BCUT2D eigenvalue weighted by Gasteiger charge is 2.51. The number of hydrogen-bond donors (Lipinski definition) is 2. The number of hydrogen-bond acceptors (Lipinski definition) is 4. The number of likely N-dealkylation sites (N-methyl/N-ethyl adjacent to an activating group) is 1. The SMILES string of the molecule is CN(CC(O)COc1ccccc1C(=O)Nc1ccccc1F)CC12CC3CC(CC(C3)C1)C2. The maximum Gasteiger partial charge on any atom is 0.259 e. The molecule has 4 aliphatic rings. The van der Waals surface area contributed by atoms with Crippen LogP contribution in [-0.4, -0.2) is 48.8 Å². The smallest absolute Gasteiger partial charge is 0.259 e. The van der Waals surface area contributed by atoms with Crippen molar-refractivity contribution in [3.8, 4) is 5.75 Å². The normalized spacial score (nSPS) is 28.2. The van der Waals surface area contributed by atoms with Crippen LogP contribution in [0.5, 0.6) is 5.75 Å². The molecule has 0 radical (unpaired) electrons. The lowest BCUT2D eigenvalue weighted by atomic mass is 9.49. The van der Waals surface area contributed by atoms with E-state index in [1.165, 1.54) is 50.7 Å². The quantitative estimate of drug-likeness (QED) is 0.548. The Morgan fingerprint density at radius 3 is 2.38 bits per heavy atom. The van der Waals surface area contributed by atoms with Crippen molar-refractivity contribution in [3.05, 3.63) is 59.9 Å². The largest absolute Gasteiger partial charge is 0.490 e. The molecule has 2 aromatic carbocycles. The summed E-state index contributed by atoms with van der Waals surface area (Å²) in [4.78, 5) is 15.0. The number of para-hydroxylation sites is 2. The minimum absolute atomic E-state index is 0.0925. The number of amides is 1. The van der Waals surface area contributed by atoms with Crippen LogP contribution in [-0.2, 0) is 0 Å². The van der Waals surface area contributed by atoms with Crippen LogP contribution in [0.1, 0.15) is 48.9 Å². The van der Waals surface area contributed by atoms with Crippen molar-refractivity contribution in [2.45, 2.75) is 44.6 Å². The first-order valence-electron chi connectivity index (χ1n) is 12.5. The Hall–Kier alpha value is -2.44. The summed E-state index contributed by atoms with van der Waals surface area (Å²) in [6.45, 7) is 1.66. The van der Waals surface area contributed by atoms with Crippen LogP contribution < -0.4 is 10.1 Å². The summed E-state index contributed by atoms with van der Waals surface area (Å²) >= 11 is 0. The summed E-state index contributed by atoms with van der Waals surface area (Å²) in [5, 5.41) is 13.3. The third kappa shape index (κ3) is 5.13. The second-order valence-corrected chi connectivity index (χ2v) is 11.0. The number of aliphatic hydroxyl groups is 1. The predicted octanol–water partition coefficient (Wildman–Crippen LogP) is 4.97. The number of nitrogens with one attached hydrogen (secondary N) is 1. The zero-order chi connectivity index (χ0) is 23.7. The summed E-state index contributed by atoms with van der Waals surface area (Å²) < 4.78 is 19.8. The molecule has 2 aromatic rings. The van der Waals surface area contributed by atoms with E-state index in [1.807, 2.05) is 0 Å². The zero-order valence-electron chi connectivity index (χ0n) is 19.9. The van der Waals surface area contributed by atoms with Gasteiger partial charge in [0.25, 0.3) is 5.91 Å². The van der Waals surface area contributed by atoms with E-state index < -0.39 is 17.8 Å². The summed E-state index contributed by atoms with van der Waals surface area (Å²) in [5.74, 6) is 2.18. The molecular formula is C28H35FN2O3. The summed E-state index contributed by atoms with van der Waals surface area (Å²) in [6, 6.07) is 12.9. The Kier molecular flexibility index (Phi) is 6.63. The molecule has 0 spiro atoms. The standard InChI is InChI=1S/C28H35FN2O3/c1-31(18-28-13-19-10-20(14-28)12-21(11-19)15-28)16-22(32)17-34-26-9-5-2-6-23(26)27(33)30-25-8-4-3-7-24(25)29/h2-9,19-22,32H,10-18H2,1H3,(H,30,33). The van der Waals surface area contributed by atoms with Gasteiger partial charge in [0, 0.05) is 13.1 Å². The minimum Gasteiger partial charge on any atom is -0.490 e. The topological polar surface area (TPSA) is 61.8 Å². The van der Waals surface area contributed by atoms with Crippen LogP contribution in [0.25, 0.3) is 0 Å². The van der Waals surface area contributed by atoms with Gasteiger partial charge in [0.15, 0.2) is 0 Å². The maximum atomic E-state index is 13.9. The van der Waals surface area contributed by atoms with E-state index in [-0.39, 0.29) is 12.3 Å². The number of anilines is 1. The van der Waals surface area contributed by atoms with Crippen LogP contribution >= 0.6 is 0 Å². The fourth-order valence-corrected chi connectivity index (χ4v) is 7.25. The minimum atomic E-state index is -0.665. The third-order valence-corrected chi connectivity index (χ3v) is 7.98. The average molecular weight is 467 g/mol. The molecule has 4 fully saturated rings. The number of aliphatic hydroxyl groups excluding tert-OH is 1. The molecule has 4 aliphatic carbocycles. The van der Waals surface area contributed by atoms with Gasteiger partial charge in [-0.2, -0.15) is 0 Å². The Morgan fingerprint density at radius 1 is 1.09 bits per heavy atom. The second kappa shape index (κ2) is 9.67. The molecule has 2 N–H and O–H groups in total. The van der Waals surface area contributed by atoms with Gasteiger partial charge in [-0.25, -0.2) is 4.39 Å². The van der Waals surface area contributed by atoms with Crippen LogP contribution in [0.4, 0.5) is 10.1 Å². The molecule has 1 atom stereocenters. The van der Waals surface area contributed by atoms with E-state index in [0.29, 0.717) is 23.3 Å². The van der Waals surface area contributed by atoms with Gasteiger partial charge in [-0.15, -0.1) is 0 Å². The number of rotatable bonds is 9. The Bertz CT molecular complexity index is 991. The first-order chi connectivity index (χ1) is 16.4. The lowest BCUT2D eigenvalue weighted by Gasteiger charge is -2.57. The monoisotopic (exact) mass is 466 g/mol. The van der Waals surface area contributed by atoms with E-state index in [9.17, 15) is 14.3 Å². The number of carbonyl (C=O) groups excluding carboxylic acids is 1. The highest BCUT2D eigenvalue weighted by molar-refractivity contribution is 6.06. The lowest BCUT2D eigenvalue weighted by Crippen LogP contribution is -2.51. The fourth-order valence-electron chi connectivity index (χ4n) is 7.25. The van der Waals surface area contributed by atoms with Crippen molar-refractivity contribution in [2.75, 3.05) is 32.1 Å². The number of halogens is 1. The Morgan fingerprint density at radius 2 is 1.71 bits per heavy atom. The number of nitrogens with zero attached hydrogens (tertiary/aromatic N) is 1. The molecule has 4 bridgehead atoms. The zero-order valence-corrected chi connectivity index (χ0v) is 19.9. The molecular weight excluding hydrogens is 431 g/mol. The summed E-state index contributed by atoms with van der Waals surface area (Å²) in [6.07, 6.45) is 7.68. The Labute approximate surface area is 201 Å². The maximum absolute atomic E-state index is 13.9. The van der Waals surface area contributed by atoms with Crippen molar-refractivity contribution < 1.29 is 19.0 Å². The van der Waals surface area contributed by atoms with E-state index >= 15 is 0 Å². The van der Waals surface area contributed by atoms with Crippen molar-refractivity contribution in [1.82, 2.24) is 4.90 Å². The summed E-state index contributed by atoms with van der Waals surface area (Å²) in [7, 11) is 2.09. The highest BCUT2D eigenvalue weighted by Crippen LogP contribution is 2.60. The van der Waals surface area contributed by atoms with Gasteiger partial charge in [0.05, 0.1) is 11.3 Å². The first-order valence-corrected chi connectivity index (χ1v) is 12.5. The second-order valence-electron chi connectivity index (χ2n) is 11.0. The molecule has 0 heterocycles. The first kappa shape index (κ1) is 23.3. The van der Waals surface area contributed by atoms with Gasteiger partial charge in [0.2, 0.25) is 0 Å². The van der Waals surface area contributed by atoms with Gasteiger partial charge >= 0.3 is 0 Å². The van der Waals surface area contributed by atoms with E-state index in [1.54, 1.807) is 36.4 Å². The van der Waals surface area contributed by atoms with E-state index in [4.69, 9.17) is 4.74 Å². The van der Waals surface area contributed by atoms with E-state index in [0.717, 1.165) is 24.3 Å². The molecule has 0 aromatic heterocycles. The van der Waals surface area contributed by atoms with Crippen molar-refractivity contribution >= 4 is 11.6 Å². The van der Waals surface area contributed by atoms with Crippen LogP contribution in [0, 0.1) is 29.0 Å². The molecule has 34 heavy (non-hydrogen) atoms. The molecule has 6 heteroatoms. The number of carbonyl (C=O) groups is 1. The molecule has 6 rings (SSSR count). The number of ether oxygens (including phenoxy) is 1. The predicted molar refractivity (Wildman–Crippen MR) is 130 cm³/mol. The molecule has 1 amide bonds. The van der Waals surface area contributed by atoms with Crippen LogP contribution in [0.15, 0.2) is 48.5 Å². The van der Waals surface area contributed by atoms with Gasteiger partial charge in [-0.3, -0.25) is 4.79 Å². The lowest BCUT2D eigenvalue weighted by molar-refractivity contribution is -0.0702. The molecule has 4 saturated carbocycles. The average Bonchev–Trinajstić information content (AvgIpc) is 2.78. The molecule has 0 aliphatic heterocycles. The number of benzene rings is 2. The van der Waals surface area contributed by atoms with Gasteiger partial charge in [-0.05, 0) is 93.0 Å². The highest BCUT2D eigenvalue weighted by atomic mass is 19.1. The van der Waals surface area contributed by atoms with Crippen LogP contribution in [0.3, 0.4) is 0 Å². The fraction of sp³-hybridized carbons (Fsp3) is 0.536. The third-order valence-electron chi connectivity index (χ3n) is 7.98. The Balaban J connectivity index is 1.15. The molecule has 1 unspecified atom stereocenters. The molecule has 0 saturated heterocycles. The summed E-state index contributed by atoms with van der Waals surface area (Å²) in [5.41, 5.74) is 0.857. The van der Waals surface area contributed by atoms with Crippen molar-refractivity contribution in [3.63, 3.8) is 0 Å². The van der Waals surface area contributed by atoms with Gasteiger partial charge < -0.3 is 20.1 Å². The van der Waals surface area contributed by atoms with Gasteiger partial charge in [-0.1, -0.05) is 24.3 Å². The van der Waals surface area contributed by atoms with E-state index in [2.05, 4.69) is 17.3 Å². The van der Waals surface area contributed by atoms with Gasteiger partial charge in [0.1, 0.15) is 24.3 Å².